The molecule has 1 fully saturated rings. The fourth-order valence-corrected chi connectivity index (χ4v) is 3.40. The molecular formula is C22H26FNO4. The second-order valence-corrected chi connectivity index (χ2v) is 6.98. The van der Waals surface area contributed by atoms with Crippen molar-refractivity contribution < 1.29 is 23.4 Å². The Morgan fingerprint density at radius 2 is 1.75 bits per heavy atom. The number of hydrogen-bond donors (Lipinski definition) is 0. The Morgan fingerprint density at radius 3 is 2.36 bits per heavy atom. The highest BCUT2D eigenvalue weighted by Gasteiger charge is 2.24. The number of carbonyl (C=O) groups is 1. The number of carbonyl (C=O) groups excluding carboxylic acids is 1. The van der Waals surface area contributed by atoms with Crippen molar-refractivity contribution in [3.05, 3.63) is 59.4 Å². The summed E-state index contributed by atoms with van der Waals surface area (Å²) in [7, 11) is 3.25. The van der Waals surface area contributed by atoms with Crippen molar-refractivity contribution in [2.45, 2.75) is 19.4 Å². The van der Waals surface area contributed by atoms with E-state index in [4.69, 9.17) is 14.2 Å². The predicted molar refractivity (Wildman–Crippen MR) is 104 cm³/mol. The maximum absolute atomic E-state index is 13.3. The Morgan fingerprint density at radius 1 is 1.07 bits per heavy atom. The Kier molecular flexibility index (Phi) is 6.87. The molecule has 1 aliphatic heterocycles. The first-order valence-electron chi connectivity index (χ1n) is 9.43. The molecule has 0 unspecified atom stereocenters. The zero-order chi connectivity index (χ0) is 19.9. The van der Waals surface area contributed by atoms with Crippen LogP contribution >= 0.6 is 0 Å². The van der Waals surface area contributed by atoms with Crippen molar-refractivity contribution in [1.29, 1.82) is 0 Å². The number of amides is 1. The lowest BCUT2D eigenvalue weighted by Crippen LogP contribution is -2.39. The van der Waals surface area contributed by atoms with E-state index in [1.54, 1.807) is 31.3 Å². The zero-order valence-corrected chi connectivity index (χ0v) is 16.3. The fraction of sp³-hybridized carbons (Fsp3) is 0.409. The molecule has 0 atom stereocenters. The average Bonchev–Trinajstić information content (AvgIpc) is 2.73. The molecule has 2 aromatic rings. The van der Waals surface area contributed by atoms with Crippen LogP contribution < -0.4 is 9.47 Å². The molecule has 1 heterocycles. The van der Waals surface area contributed by atoms with Gasteiger partial charge in [-0.05, 0) is 54.7 Å². The second kappa shape index (κ2) is 9.55. The van der Waals surface area contributed by atoms with Gasteiger partial charge in [0.15, 0.2) is 0 Å². The standard InChI is InChI=1S/C22H26FNO4/c1-26-20-10-17(11-21(13-20)27-2)15-28-14-16-6-8-24(9-7-16)22(25)18-4-3-5-19(23)12-18/h3-5,10-13,16H,6-9,14-15H2,1-2H3. The molecule has 1 amide bonds. The Hall–Kier alpha value is -2.60. The largest absolute Gasteiger partial charge is 0.497 e. The SMILES string of the molecule is COc1cc(COCC2CCN(C(=O)c3cccc(F)c3)CC2)cc(OC)c1. The second-order valence-electron chi connectivity index (χ2n) is 6.98. The van der Waals surface area contributed by atoms with E-state index in [2.05, 4.69) is 0 Å². The van der Waals surface area contributed by atoms with Crippen LogP contribution in [0.5, 0.6) is 11.5 Å². The normalized spacial score (nSPS) is 14.8. The lowest BCUT2D eigenvalue weighted by molar-refractivity contribution is 0.0477. The van der Waals surface area contributed by atoms with E-state index in [1.165, 1.54) is 12.1 Å². The smallest absolute Gasteiger partial charge is 0.253 e. The molecule has 0 N–H and O–H groups in total. The number of benzene rings is 2. The van der Waals surface area contributed by atoms with Crippen molar-refractivity contribution in [2.75, 3.05) is 33.9 Å². The molecule has 0 radical (unpaired) electrons. The van der Waals surface area contributed by atoms with Crippen LogP contribution in [-0.4, -0.2) is 44.7 Å². The first-order valence-corrected chi connectivity index (χ1v) is 9.43. The monoisotopic (exact) mass is 387 g/mol. The molecule has 28 heavy (non-hydrogen) atoms. The van der Waals surface area contributed by atoms with E-state index in [9.17, 15) is 9.18 Å². The van der Waals surface area contributed by atoms with Crippen molar-refractivity contribution in [1.82, 2.24) is 4.90 Å². The number of ether oxygens (including phenoxy) is 3. The fourth-order valence-electron chi connectivity index (χ4n) is 3.40. The highest BCUT2D eigenvalue weighted by atomic mass is 19.1. The van der Waals surface area contributed by atoms with Crippen LogP contribution in [0.15, 0.2) is 42.5 Å². The van der Waals surface area contributed by atoms with Crippen LogP contribution in [0.1, 0.15) is 28.8 Å². The Labute approximate surface area is 165 Å². The molecule has 1 saturated heterocycles. The predicted octanol–water partition coefficient (Wildman–Crippen LogP) is 3.91. The summed E-state index contributed by atoms with van der Waals surface area (Å²) in [5.74, 6) is 1.39. The van der Waals surface area contributed by atoms with E-state index in [-0.39, 0.29) is 11.7 Å². The van der Waals surface area contributed by atoms with Gasteiger partial charge in [-0.2, -0.15) is 0 Å². The summed E-state index contributed by atoms with van der Waals surface area (Å²) in [6.07, 6.45) is 1.75. The number of methoxy groups -OCH3 is 2. The number of nitrogens with zero attached hydrogens (tertiary/aromatic N) is 1. The summed E-state index contributed by atoms with van der Waals surface area (Å²) in [6.45, 7) is 2.45. The third-order valence-electron chi connectivity index (χ3n) is 5.01. The van der Waals surface area contributed by atoms with Crippen LogP contribution in [0.4, 0.5) is 4.39 Å². The minimum absolute atomic E-state index is 0.109. The number of halogens is 1. The molecule has 5 nitrogen and oxygen atoms in total. The van der Waals surface area contributed by atoms with Gasteiger partial charge in [0.25, 0.3) is 5.91 Å². The maximum Gasteiger partial charge on any atom is 0.253 e. The molecule has 2 aromatic carbocycles. The van der Waals surface area contributed by atoms with E-state index < -0.39 is 0 Å². The van der Waals surface area contributed by atoms with Gasteiger partial charge < -0.3 is 19.1 Å². The molecule has 3 rings (SSSR count). The molecule has 0 saturated carbocycles. The minimum atomic E-state index is -0.386. The first kappa shape index (κ1) is 20.1. The van der Waals surface area contributed by atoms with Gasteiger partial charge in [0.2, 0.25) is 0 Å². The van der Waals surface area contributed by atoms with Gasteiger partial charge in [0.05, 0.1) is 20.8 Å². The van der Waals surface area contributed by atoms with Crippen molar-refractivity contribution in [3.63, 3.8) is 0 Å². The van der Waals surface area contributed by atoms with Crippen LogP contribution in [0.2, 0.25) is 0 Å². The van der Waals surface area contributed by atoms with E-state index in [1.807, 2.05) is 18.2 Å². The Balaban J connectivity index is 1.45. The summed E-state index contributed by atoms with van der Waals surface area (Å²) in [5, 5.41) is 0. The Bertz CT molecular complexity index is 781. The van der Waals surface area contributed by atoms with Crippen LogP contribution in [0, 0.1) is 11.7 Å². The summed E-state index contributed by atoms with van der Waals surface area (Å²) >= 11 is 0. The van der Waals surface area contributed by atoms with E-state index in [0.717, 1.165) is 29.9 Å². The first-order chi connectivity index (χ1) is 13.6. The van der Waals surface area contributed by atoms with Gasteiger partial charge in [-0.25, -0.2) is 4.39 Å². The number of rotatable bonds is 7. The third kappa shape index (κ3) is 5.23. The molecule has 150 valence electrons. The summed E-state index contributed by atoms with van der Waals surface area (Å²) in [5.41, 5.74) is 1.40. The van der Waals surface area contributed by atoms with Gasteiger partial charge >= 0.3 is 0 Å². The number of likely N-dealkylation sites (tertiary alicyclic amines) is 1. The van der Waals surface area contributed by atoms with Crippen molar-refractivity contribution >= 4 is 5.91 Å². The van der Waals surface area contributed by atoms with Crippen LogP contribution in [-0.2, 0) is 11.3 Å². The zero-order valence-electron chi connectivity index (χ0n) is 16.3. The van der Waals surface area contributed by atoms with Gasteiger partial charge in [0, 0.05) is 31.3 Å². The van der Waals surface area contributed by atoms with Crippen molar-refractivity contribution in [2.24, 2.45) is 5.92 Å². The van der Waals surface area contributed by atoms with Gasteiger partial charge in [-0.3, -0.25) is 4.79 Å². The van der Waals surface area contributed by atoms with Crippen LogP contribution in [0.25, 0.3) is 0 Å². The summed E-state index contributed by atoms with van der Waals surface area (Å²) in [6, 6.07) is 11.6. The molecule has 0 aromatic heterocycles. The molecule has 6 heteroatoms. The van der Waals surface area contributed by atoms with Crippen LogP contribution in [0.3, 0.4) is 0 Å². The summed E-state index contributed by atoms with van der Waals surface area (Å²) in [4.78, 5) is 14.3. The van der Waals surface area contributed by atoms with Crippen molar-refractivity contribution in [3.8, 4) is 11.5 Å². The molecule has 1 aliphatic rings. The minimum Gasteiger partial charge on any atom is -0.497 e. The molecular weight excluding hydrogens is 361 g/mol. The third-order valence-corrected chi connectivity index (χ3v) is 5.01. The number of hydrogen-bond acceptors (Lipinski definition) is 4. The van der Waals surface area contributed by atoms with Gasteiger partial charge in [0.1, 0.15) is 17.3 Å². The van der Waals surface area contributed by atoms with Gasteiger partial charge in [-0.1, -0.05) is 6.07 Å². The highest BCUT2D eigenvalue weighted by molar-refractivity contribution is 5.94. The number of piperidine rings is 1. The van der Waals surface area contributed by atoms with Gasteiger partial charge in [-0.15, -0.1) is 0 Å². The maximum atomic E-state index is 13.3. The molecule has 0 spiro atoms. The summed E-state index contributed by atoms with van der Waals surface area (Å²) < 4.78 is 29.8. The average molecular weight is 387 g/mol. The molecule has 0 bridgehead atoms. The van der Waals surface area contributed by atoms with E-state index >= 15 is 0 Å². The quantitative estimate of drug-likeness (QED) is 0.723. The molecule has 0 aliphatic carbocycles. The topological polar surface area (TPSA) is 48.0 Å². The highest BCUT2D eigenvalue weighted by Crippen LogP contribution is 2.24. The lowest BCUT2D eigenvalue weighted by Gasteiger charge is -2.32. The lowest BCUT2D eigenvalue weighted by atomic mass is 9.97. The van der Waals surface area contributed by atoms with E-state index in [0.29, 0.717) is 37.8 Å².